The van der Waals surface area contributed by atoms with Crippen LogP contribution >= 0.6 is 0 Å². The van der Waals surface area contributed by atoms with Gasteiger partial charge in [0.15, 0.2) is 0 Å². The maximum atomic E-state index is 11.5. The van der Waals surface area contributed by atoms with Crippen LogP contribution in [0, 0.1) is 0 Å². The van der Waals surface area contributed by atoms with Crippen molar-refractivity contribution in [1.82, 2.24) is 0 Å². The highest BCUT2D eigenvalue weighted by molar-refractivity contribution is 4.48. The third-order valence-electron chi connectivity index (χ3n) is 0.961. The van der Waals surface area contributed by atoms with Crippen LogP contribution in [0.1, 0.15) is 27.2 Å². The van der Waals surface area contributed by atoms with Gasteiger partial charge in [-0.1, -0.05) is 20.8 Å². The molecular weight excluding hydrogens is 119 g/mol. The van der Waals surface area contributed by atoms with Crippen LogP contribution in [0.25, 0.3) is 0 Å². The van der Waals surface area contributed by atoms with Crippen LogP contribution in [0.5, 0.6) is 0 Å². The zero-order valence-electron chi connectivity index (χ0n) is 6.78. The summed E-state index contributed by atoms with van der Waals surface area (Å²) in [6.07, 6.45) is 0.576. The Morgan fingerprint density at radius 2 is 1.89 bits per heavy atom. The lowest BCUT2D eigenvalue weighted by molar-refractivity contribution is 0.0766. The lowest BCUT2D eigenvalue weighted by Crippen LogP contribution is -2.10. The van der Waals surface area contributed by atoms with Gasteiger partial charge < -0.3 is 4.74 Å². The molecule has 58 valence electrons. The first-order valence-electron chi connectivity index (χ1n) is 3.43. The monoisotopic (exact) mass is 136 g/mol. The largest absolute Gasteiger partial charge is 0.379 e. The molecule has 0 aliphatic carbocycles. The third-order valence-corrected chi connectivity index (χ3v) is 0.961. The molecule has 0 aromatic heterocycles. The first-order valence-corrected chi connectivity index (χ1v) is 3.43. The minimum absolute atomic E-state index is 0.181. The Kier molecular flexibility index (Phi) is 14.0. The number of hydrogen-bond acceptors (Lipinski definition) is 1. The fraction of sp³-hybridized carbons (Fsp3) is 1.00. The Morgan fingerprint density at radius 1 is 1.44 bits per heavy atom. The van der Waals surface area contributed by atoms with Gasteiger partial charge in [0.1, 0.15) is 6.67 Å². The van der Waals surface area contributed by atoms with E-state index in [2.05, 4.69) is 4.74 Å². The van der Waals surface area contributed by atoms with Crippen molar-refractivity contribution < 1.29 is 9.13 Å². The van der Waals surface area contributed by atoms with Gasteiger partial charge in [0.25, 0.3) is 0 Å². The van der Waals surface area contributed by atoms with E-state index >= 15 is 0 Å². The number of methoxy groups -OCH3 is 1. The van der Waals surface area contributed by atoms with Gasteiger partial charge >= 0.3 is 0 Å². The summed E-state index contributed by atoms with van der Waals surface area (Å²) in [5.74, 6) is 0. The maximum Gasteiger partial charge on any atom is 0.116 e. The number of alkyl halides is 1. The molecule has 0 amide bonds. The van der Waals surface area contributed by atoms with E-state index in [4.69, 9.17) is 0 Å². The average Bonchev–Trinajstić information content (AvgIpc) is 1.96. The number of hydrogen-bond donors (Lipinski definition) is 0. The van der Waals surface area contributed by atoms with Gasteiger partial charge in [0.05, 0.1) is 6.10 Å². The van der Waals surface area contributed by atoms with Crippen LogP contribution in [-0.4, -0.2) is 19.9 Å². The van der Waals surface area contributed by atoms with Crippen LogP contribution < -0.4 is 0 Å². The first kappa shape index (κ1) is 11.7. The van der Waals surface area contributed by atoms with Crippen LogP contribution in [0.3, 0.4) is 0 Å². The highest BCUT2D eigenvalue weighted by Crippen LogP contribution is 1.94. The summed E-state index contributed by atoms with van der Waals surface area (Å²) >= 11 is 0. The smallest absolute Gasteiger partial charge is 0.116 e. The van der Waals surface area contributed by atoms with Crippen LogP contribution in [0.2, 0.25) is 0 Å². The molecule has 0 saturated heterocycles. The molecule has 0 N–H and O–H groups in total. The highest BCUT2D eigenvalue weighted by Gasteiger charge is 1.99. The quantitative estimate of drug-likeness (QED) is 0.579. The van der Waals surface area contributed by atoms with E-state index in [1.807, 2.05) is 20.8 Å². The zero-order chi connectivity index (χ0) is 7.70. The molecule has 1 atom stereocenters. The minimum Gasteiger partial charge on any atom is -0.379 e. The molecule has 0 rings (SSSR count). The molecule has 0 heterocycles. The van der Waals surface area contributed by atoms with E-state index in [1.54, 1.807) is 0 Å². The molecule has 0 fully saturated rings. The van der Waals surface area contributed by atoms with Gasteiger partial charge in [0, 0.05) is 7.11 Å². The Balaban J connectivity index is 0. The SMILES string of the molecule is CC.CCC(CF)OC. The first-order chi connectivity index (χ1) is 4.35. The van der Waals surface area contributed by atoms with E-state index in [-0.39, 0.29) is 12.8 Å². The Hall–Kier alpha value is -0.110. The van der Waals surface area contributed by atoms with Crippen molar-refractivity contribution in [2.75, 3.05) is 13.8 Å². The molecule has 0 bridgehead atoms. The molecule has 2 heteroatoms. The Labute approximate surface area is 57.2 Å². The maximum absolute atomic E-state index is 11.5. The molecule has 0 radical (unpaired) electrons. The molecule has 0 aliphatic heterocycles. The molecule has 0 aromatic carbocycles. The molecule has 0 saturated carbocycles. The molecule has 0 aliphatic rings. The molecular formula is C7H17FO. The van der Waals surface area contributed by atoms with Crippen molar-refractivity contribution >= 4 is 0 Å². The lowest BCUT2D eigenvalue weighted by Gasteiger charge is -2.04. The second-order valence-corrected chi connectivity index (χ2v) is 1.42. The lowest BCUT2D eigenvalue weighted by atomic mass is 10.3. The zero-order valence-corrected chi connectivity index (χ0v) is 6.78. The number of ether oxygens (including phenoxy) is 1. The summed E-state index contributed by atoms with van der Waals surface area (Å²) in [5.41, 5.74) is 0. The van der Waals surface area contributed by atoms with Gasteiger partial charge in [-0.25, -0.2) is 4.39 Å². The third kappa shape index (κ3) is 7.89. The minimum atomic E-state index is -0.368. The van der Waals surface area contributed by atoms with Crippen molar-refractivity contribution in [2.45, 2.75) is 33.3 Å². The fourth-order valence-corrected chi connectivity index (χ4v) is 0.339. The van der Waals surface area contributed by atoms with Crippen molar-refractivity contribution in [2.24, 2.45) is 0 Å². The second kappa shape index (κ2) is 10.8. The summed E-state index contributed by atoms with van der Waals surface area (Å²) < 4.78 is 16.2. The van der Waals surface area contributed by atoms with Crippen LogP contribution in [0.15, 0.2) is 0 Å². The predicted molar refractivity (Wildman–Crippen MR) is 38.4 cm³/mol. The van der Waals surface area contributed by atoms with Gasteiger partial charge in [-0.05, 0) is 6.42 Å². The summed E-state index contributed by atoms with van der Waals surface area (Å²) in [6.45, 7) is 5.53. The van der Waals surface area contributed by atoms with Crippen molar-refractivity contribution in [3.63, 3.8) is 0 Å². The van der Waals surface area contributed by atoms with E-state index in [1.165, 1.54) is 7.11 Å². The summed E-state index contributed by atoms with van der Waals surface area (Å²) in [4.78, 5) is 0. The van der Waals surface area contributed by atoms with E-state index in [9.17, 15) is 4.39 Å². The Bertz CT molecular complexity index is 30.4. The molecule has 0 spiro atoms. The molecule has 1 nitrogen and oxygen atoms in total. The topological polar surface area (TPSA) is 9.23 Å². The Morgan fingerprint density at radius 3 is 1.89 bits per heavy atom. The number of rotatable bonds is 3. The van der Waals surface area contributed by atoms with Gasteiger partial charge in [0.2, 0.25) is 0 Å². The van der Waals surface area contributed by atoms with Gasteiger partial charge in [-0.2, -0.15) is 0 Å². The van der Waals surface area contributed by atoms with E-state index in [0.29, 0.717) is 0 Å². The molecule has 0 aromatic rings. The van der Waals surface area contributed by atoms with E-state index in [0.717, 1.165) is 6.42 Å². The van der Waals surface area contributed by atoms with Gasteiger partial charge in [-0.3, -0.25) is 0 Å². The van der Waals surface area contributed by atoms with Crippen molar-refractivity contribution in [1.29, 1.82) is 0 Å². The number of halogens is 1. The predicted octanol–water partition coefficient (Wildman–Crippen LogP) is 2.41. The normalized spacial score (nSPS) is 11.7. The highest BCUT2D eigenvalue weighted by atomic mass is 19.1. The van der Waals surface area contributed by atoms with Crippen LogP contribution in [-0.2, 0) is 4.74 Å². The van der Waals surface area contributed by atoms with Crippen molar-refractivity contribution in [3.8, 4) is 0 Å². The van der Waals surface area contributed by atoms with E-state index < -0.39 is 0 Å². The molecule has 1 unspecified atom stereocenters. The average molecular weight is 136 g/mol. The second-order valence-electron chi connectivity index (χ2n) is 1.42. The fourth-order valence-electron chi connectivity index (χ4n) is 0.339. The summed E-state index contributed by atoms with van der Waals surface area (Å²) in [5, 5.41) is 0. The summed E-state index contributed by atoms with van der Waals surface area (Å²) in [6, 6.07) is 0. The van der Waals surface area contributed by atoms with Crippen molar-refractivity contribution in [3.05, 3.63) is 0 Å². The molecule has 9 heavy (non-hydrogen) atoms. The van der Waals surface area contributed by atoms with Crippen LogP contribution in [0.4, 0.5) is 4.39 Å². The van der Waals surface area contributed by atoms with Gasteiger partial charge in [-0.15, -0.1) is 0 Å². The standard InChI is InChI=1S/C5H11FO.C2H6/c1-3-5(4-6)7-2;1-2/h5H,3-4H2,1-2H3;1-2H3. The summed E-state index contributed by atoms with van der Waals surface area (Å²) in [7, 11) is 1.52.